The lowest BCUT2D eigenvalue weighted by Crippen LogP contribution is -2.02. The zero-order valence-corrected chi connectivity index (χ0v) is 8.87. The molecule has 0 amide bonds. The van der Waals surface area contributed by atoms with Gasteiger partial charge >= 0.3 is 0 Å². The first-order chi connectivity index (χ1) is 7.74. The first-order valence-electron chi connectivity index (χ1n) is 4.84. The number of phenols is 1. The van der Waals surface area contributed by atoms with Crippen molar-refractivity contribution in [1.29, 1.82) is 0 Å². The van der Waals surface area contributed by atoms with Gasteiger partial charge in [-0.25, -0.2) is 0 Å². The summed E-state index contributed by atoms with van der Waals surface area (Å²) in [5.41, 5.74) is 8.68. The third-order valence-corrected chi connectivity index (χ3v) is 2.05. The number of para-hydroxylation sites is 1. The lowest BCUT2D eigenvalue weighted by atomic mass is 10.1. The fourth-order valence-electron chi connectivity index (χ4n) is 1.34. The van der Waals surface area contributed by atoms with E-state index in [1.54, 1.807) is 25.1 Å². The molecule has 6 heteroatoms. The van der Waals surface area contributed by atoms with Crippen molar-refractivity contribution in [2.75, 3.05) is 13.2 Å². The maximum atomic E-state index is 9.83. The van der Waals surface area contributed by atoms with Gasteiger partial charge in [-0.05, 0) is 18.5 Å². The molecule has 2 N–H and O–H groups in total. The largest absolute Gasteiger partial charge is 0.504 e. The van der Waals surface area contributed by atoms with Crippen LogP contribution in [-0.2, 0) is 0 Å². The highest BCUT2D eigenvalue weighted by Gasteiger charge is 2.15. The second-order valence-electron chi connectivity index (χ2n) is 3.03. The van der Waals surface area contributed by atoms with Gasteiger partial charge in [0.25, 0.3) is 0 Å². The van der Waals surface area contributed by atoms with Crippen LogP contribution in [0.15, 0.2) is 23.3 Å². The van der Waals surface area contributed by atoms with Gasteiger partial charge in [-0.3, -0.25) is 0 Å². The van der Waals surface area contributed by atoms with Crippen molar-refractivity contribution in [2.24, 2.45) is 5.11 Å². The van der Waals surface area contributed by atoms with Crippen LogP contribution >= 0.6 is 0 Å². The number of benzene rings is 1. The summed E-state index contributed by atoms with van der Waals surface area (Å²) in [7, 11) is 0. The molecular weight excluding hydrogens is 210 g/mol. The Balaban J connectivity index is 3.12. The van der Waals surface area contributed by atoms with E-state index in [0.29, 0.717) is 17.9 Å². The molecule has 0 aliphatic heterocycles. The Morgan fingerprint density at radius 2 is 2.31 bits per heavy atom. The second-order valence-corrected chi connectivity index (χ2v) is 3.03. The molecule has 1 aromatic rings. The number of hydrogen-bond acceptors (Lipinski definition) is 4. The highest BCUT2D eigenvalue weighted by molar-refractivity contribution is 5.47. The maximum absolute atomic E-state index is 9.83. The van der Waals surface area contributed by atoms with E-state index in [0.717, 1.165) is 0 Å². The molecule has 1 atom stereocenters. The quantitative estimate of drug-likeness (QED) is 0.454. The number of azide groups is 1. The number of nitrogens with zero attached hydrogens (tertiary/aromatic N) is 3. The summed E-state index contributed by atoms with van der Waals surface area (Å²) in [6.07, 6.45) is 0. The molecule has 0 saturated heterocycles. The zero-order valence-electron chi connectivity index (χ0n) is 8.87. The topological polar surface area (TPSA) is 98.5 Å². The Hall–Kier alpha value is -1.91. The van der Waals surface area contributed by atoms with E-state index in [2.05, 4.69) is 10.0 Å². The van der Waals surface area contributed by atoms with E-state index in [1.165, 1.54) is 0 Å². The highest BCUT2D eigenvalue weighted by Crippen LogP contribution is 2.35. The standard InChI is InChI=1S/C10H13N3O3/c1-2-16-9-5-3-4-7(10(9)15)8(6-14)12-13-11/h3-5,8,14-15H,2,6H2,1H3. The van der Waals surface area contributed by atoms with Crippen LogP contribution in [0.4, 0.5) is 0 Å². The minimum Gasteiger partial charge on any atom is -0.504 e. The van der Waals surface area contributed by atoms with E-state index in [4.69, 9.17) is 15.4 Å². The molecule has 6 nitrogen and oxygen atoms in total. The fourth-order valence-corrected chi connectivity index (χ4v) is 1.34. The van der Waals surface area contributed by atoms with Crippen molar-refractivity contribution in [3.63, 3.8) is 0 Å². The molecule has 0 saturated carbocycles. The van der Waals surface area contributed by atoms with Gasteiger partial charge in [-0.15, -0.1) is 0 Å². The molecule has 0 fully saturated rings. The lowest BCUT2D eigenvalue weighted by molar-refractivity contribution is 0.262. The normalized spacial score (nSPS) is 11.6. The molecule has 86 valence electrons. The van der Waals surface area contributed by atoms with E-state index in [1.807, 2.05) is 0 Å². The van der Waals surface area contributed by atoms with Crippen molar-refractivity contribution in [3.05, 3.63) is 34.2 Å². The number of aliphatic hydroxyl groups is 1. The Morgan fingerprint density at radius 3 is 2.88 bits per heavy atom. The first kappa shape index (κ1) is 12.2. The molecule has 0 radical (unpaired) electrons. The highest BCUT2D eigenvalue weighted by atomic mass is 16.5. The summed E-state index contributed by atoms with van der Waals surface area (Å²) in [6, 6.07) is 4.04. The van der Waals surface area contributed by atoms with Gasteiger partial charge in [-0.2, -0.15) is 0 Å². The molecule has 0 aromatic heterocycles. The summed E-state index contributed by atoms with van der Waals surface area (Å²) in [5.74, 6) is 0.211. The Bertz CT molecular complexity index is 402. The summed E-state index contributed by atoms with van der Waals surface area (Å²) in [6.45, 7) is 1.85. The van der Waals surface area contributed by atoms with Gasteiger partial charge in [0.05, 0.1) is 19.3 Å². The SMILES string of the molecule is CCOc1cccc(C(CO)N=[N+]=[N-])c1O. The molecule has 0 bridgehead atoms. The molecule has 0 aliphatic rings. The second kappa shape index (κ2) is 5.85. The molecule has 0 heterocycles. The first-order valence-corrected chi connectivity index (χ1v) is 4.84. The fraction of sp³-hybridized carbons (Fsp3) is 0.400. The summed E-state index contributed by atoms with van der Waals surface area (Å²) in [4.78, 5) is 2.61. The Kier molecular flexibility index (Phi) is 4.44. The van der Waals surface area contributed by atoms with Crippen LogP contribution in [0, 0.1) is 0 Å². The van der Waals surface area contributed by atoms with Gasteiger partial charge < -0.3 is 14.9 Å². The number of aromatic hydroxyl groups is 1. The maximum Gasteiger partial charge on any atom is 0.161 e. The van der Waals surface area contributed by atoms with Crippen LogP contribution in [0.5, 0.6) is 11.5 Å². The Morgan fingerprint density at radius 1 is 1.56 bits per heavy atom. The molecule has 0 spiro atoms. The van der Waals surface area contributed by atoms with Crippen LogP contribution in [0.1, 0.15) is 18.5 Å². The van der Waals surface area contributed by atoms with Crippen molar-refractivity contribution < 1.29 is 14.9 Å². The summed E-state index contributed by atoms with van der Waals surface area (Å²) >= 11 is 0. The van der Waals surface area contributed by atoms with Crippen LogP contribution in [0.2, 0.25) is 0 Å². The number of phenolic OH excluding ortho intramolecular Hbond substituents is 1. The van der Waals surface area contributed by atoms with E-state index in [9.17, 15) is 5.11 Å². The number of ether oxygens (including phenoxy) is 1. The molecule has 16 heavy (non-hydrogen) atoms. The molecule has 1 rings (SSSR count). The van der Waals surface area contributed by atoms with Crippen LogP contribution in [0.25, 0.3) is 10.4 Å². The number of hydrogen-bond donors (Lipinski definition) is 2. The van der Waals surface area contributed by atoms with Crippen molar-refractivity contribution in [1.82, 2.24) is 0 Å². The molecular formula is C10H13N3O3. The third kappa shape index (κ3) is 2.56. The summed E-state index contributed by atoms with van der Waals surface area (Å²) in [5, 5.41) is 22.3. The van der Waals surface area contributed by atoms with Gasteiger partial charge in [0, 0.05) is 10.5 Å². The van der Waals surface area contributed by atoms with Gasteiger partial charge in [-0.1, -0.05) is 17.2 Å². The lowest BCUT2D eigenvalue weighted by Gasteiger charge is -2.13. The van der Waals surface area contributed by atoms with Crippen LogP contribution < -0.4 is 4.74 Å². The van der Waals surface area contributed by atoms with Crippen molar-refractivity contribution >= 4 is 0 Å². The van der Waals surface area contributed by atoms with Crippen molar-refractivity contribution in [2.45, 2.75) is 13.0 Å². The minimum absolute atomic E-state index is 0.101. The Labute approximate surface area is 92.7 Å². The van der Waals surface area contributed by atoms with Gasteiger partial charge in [0.15, 0.2) is 11.5 Å². The van der Waals surface area contributed by atoms with Crippen LogP contribution in [-0.4, -0.2) is 23.4 Å². The number of rotatable bonds is 5. The van der Waals surface area contributed by atoms with Gasteiger partial charge in [0.1, 0.15) is 0 Å². The van der Waals surface area contributed by atoms with E-state index >= 15 is 0 Å². The molecule has 1 unspecified atom stereocenters. The average Bonchev–Trinajstić information content (AvgIpc) is 2.30. The minimum atomic E-state index is -0.801. The monoisotopic (exact) mass is 223 g/mol. The summed E-state index contributed by atoms with van der Waals surface area (Å²) < 4.78 is 5.18. The van der Waals surface area contributed by atoms with Crippen LogP contribution in [0.3, 0.4) is 0 Å². The zero-order chi connectivity index (χ0) is 12.0. The predicted molar refractivity (Wildman–Crippen MR) is 58.2 cm³/mol. The van der Waals surface area contributed by atoms with Gasteiger partial charge in [0.2, 0.25) is 0 Å². The molecule has 1 aromatic carbocycles. The number of aliphatic hydroxyl groups excluding tert-OH is 1. The smallest absolute Gasteiger partial charge is 0.161 e. The molecule has 0 aliphatic carbocycles. The predicted octanol–water partition coefficient (Wildman–Crippen LogP) is 2.13. The van der Waals surface area contributed by atoms with E-state index in [-0.39, 0.29) is 12.4 Å². The van der Waals surface area contributed by atoms with Crippen molar-refractivity contribution in [3.8, 4) is 11.5 Å². The van der Waals surface area contributed by atoms with E-state index < -0.39 is 6.04 Å². The third-order valence-electron chi connectivity index (χ3n) is 2.05. The average molecular weight is 223 g/mol.